The third-order valence-electron chi connectivity index (χ3n) is 2.98. The lowest BCUT2D eigenvalue weighted by atomic mass is 10.2. The lowest BCUT2D eigenvalue weighted by Crippen LogP contribution is -2.03. The molecule has 1 saturated carbocycles. The maximum Gasteiger partial charge on any atom is 0.271 e. The van der Waals surface area contributed by atoms with E-state index in [-0.39, 0.29) is 5.69 Å². The third-order valence-corrected chi connectivity index (χ3v) is 2.98. The van der Waals surface area contributed by atoms with Crippen LogP contribution in [-0.2, 0) is 0 Å². The Labute approximate surface area is 102 Å². The molecule has 1 aliphatic rings. The van der Waals surface area contributed by atoms with Crippen LogP contribution in [0.3, 0.4) is 0 Å². The quantitative estimate of drug-likeness (QED) is 0.654. The minimum Gasteiger partial charge on any atom is -0.381 e. The van der Waals surface area contributed by atoms with Gasteiger partial charge in [-0.1, -0.05) is 11.3 Å². The van der Waals surface area contributed by atoms with Crippen molar-refractivity contribution >= 4 is 11.5 Å². The average molecular weight is 245 g/mol. The number of non-ortho nitro benzene ring substituents is 1. The van der Waals surface area contributed by atoms with Gasteiger partial charge in [-0.25, -0.2) is 4.68 Å². The van der Waals surface area contributed by atoms with Gasteiger partial charge in [-0.3, -0.25) is 10.1 Å². The van der Waals surface area contributed by atoms with Gasteiger partial charge in [0.1, 0.15) is 0 Å². The fourth-order valence-electron chi connectivity index (χ4n) is 1.97. The molecule has 18 heavy (non-hydrogen) atoms. The molecule has 1 heterocycles. The minimum absolute atomic E-state index is 0.0309. The van der Waals surface area contributed by atoms with Gasteiger partial charge in [-0.15, -0.1) is 5.10 Å². The zero-order chi connectivity index (χ0) is 12.7. The van der Waals surface area contributed by atoms with Gasteiger partial charge in [0.25, 0.3) is 5.69 Å². The molecule has 3 rings (SSSR count). The number of benzene rings is 1. The van der Waals surface area contributed by atoms with Crippen LogP contribution >= 0.6 is 0 Å². The maximum atomic E-state index is 10.8. The molecule has 1 aromatic heterocycles. The van der Waals surface area contributed by atoms with E-state index in [2.05, 4.69) is 10.3 Å². The lowest BCUT2D eigenvalue weighted by molar-refractivity contribution is -0.384. The van der Waals surface area contributed by atoms with Crippen molar-refractivity contribution in [3.05, 3.63) is 40.1 Å². The van der Waals surface area contributed by atoms with Crippen LogP contribution in [0.15, 0.2) is 24.3 Å². The van der Waals surface area contributed by atoms with E-state index in [0.717, 1.165) is 18.5 Å². The summed E-state index contributed by atoms with van der Waals surface area (Å²) in [5.74, 6) is 0.781. The molecule has 0 aliphatic heterocycles. The molecule has 0 amide bonds. The molecule has 0 unspecified atom stereocenters. The van der Waals surface area contributed by atoms with E-state index < -0.39 is 4.92 Å². The number of hydrogen-bond acceptors (Lipinski definition) is 5. The fourth-order valence-corrected chi connectivity index (χ4v) is 1.97. The summed E-state index contributed by atoms with van der Waals surface area (Å²) >= 11 is 0. The molecule has 0 atom stereocenters. The Bertz CT molecular complexity index is 618. The molecular formula is C11H11N5O2. The van der Waals surface area contributed by atoms with Gasteiger partial charge in [-0.2, -0.15) is 0 Å². The lowest BCUT2D eigenvalue weighted by Gasteiger charge is -2.05. The van der Waals surface area contributed by atoms with Crippen molar-refractivity contribution < 1.29 is 4.92 Å². The van der Waals surface area contributed by atoms with Crippen molar-refractivity contribution in [2.24, 2.45) is 0 Å². The number of nitrogens with zero attached hydrogens (tertiary/aromatic N) is 4. The Morgan fingerprint density at radius 2 is 2.22 bits per heavy atom. The molecule has 0 radical (unpaired) electrons. The Balaban J connectivity index is 2.09. The third kappa shape index (κ3) is 1.69. The Morgan fingerprint density at radius 1 is 1.44 bits per heavy atom. The molecule has 1 aliphatic carbocycles. The normalized spacial score (nSPS) is 14.7. The molecule has 1 fully saturated rings. The van der Waals surface area contributed by atoms with Gasteiger partial charge < -0.3 is 5.73 Å². The first-order valence-electron chi connectivity index (χ1n) is 5.62. The van der Waals surface area contributed by atoms with Gasteiger partial charge >= 0.3 is 0 Å². The molecule has 7 heteroatoms. The SMILES string of the molecule is Nc1nnn(-c2cccc([N+](=O)[O-])c2)c1C1CC1. The molecule has 7 nitrogen and oxygen atoms in total. The highest BCUT2D eigenvalue weighted by atomic mass is 16.6. The molecule has 0 spiro atoms. The van der Waals surface area contributed by atoms with Crippen molar-refractivity contribution in [3.63, 3.8) is 0 Å². The molecular weight excluding hydrogens is 234 g/mol. The standard InChI is InChI=1S/C11H11N5O2/c12-11-10(7-4-5-7)15(14-13-11)8-2-1-3-9(6-8)16(17)18/h1-3,6-7H,4-5,12H2. The first kappa shape index (κ1) is 10.7. The van der Waals surface area contributed by atoms with Crippen LogP contribution in [-0.4, -0.2) is 19.9 Å². The highest BCUT2D eigenvalue weighted by Gasteiger charge is 2.31. The van der Waals surface area contributed by atoms with Crippen molar-refractivity contribution in [2.45, 2.75) is 18.8 Å². The van der Waals surface area contributed by atoms with E-state index >= 15 is 0 Å². The summed E-state index contributed by atoms with van der Waals surface area (Å²) in [6.07, 6.45) is 2.12. The molecule has 2 aromatic rings. The van der Waals surface area contributed by atoms with Gasteiger partial charge in [-0.05, 0) is 18.9 Å². The van der Waals surface area contributed by atoms with E-state index in [0.29, 0.717) is 17.4 Å². The monoisotopic (exact) mass is 245 g/mol. The summed E-state index contributed by atoms with van der Waals surface area (Å²) in [7, 11) is 0. The van der Waals surface area contributed by atoms with E-state index in [4.69, 9.17) is 5.73 Å². The van der Waals surface area contributed by atoms with Crippen LogP contribution in [0.4, 0.5) is 11.5 Å². The number of anilines is 1. The van der Waals surface area contributed by atoms with E-state index in [1.165, 1.54) is 12.1 Å². The average Bonchev–Trinajstić information content (AvgIpc) is 3.12. The second-order valence-corrected chi connectivity index (χ2v) is 4.32. The van der Waals surface area contributed by atoms with Crippen molar-refractivity contribution in [3.8, 4) is 5.69 Å². The summed E-state index contributed by atoms with van der Waals surface area (Å²) in [6.45, 7) is 0. The zero-order valence-corrected chi connectivity index (χ0v) is 9.48. The Hall–Kier alpha value is -2.44. The maximum absolute atomic E-state index is 10.8. The number of aromatic nitrogens is 3. The van der Waals surface area contributed by atoms with Crippen molar-refractivity contribution in [1.29, 1.82) is 0 Å². The summed E-state index contributed by atoms with van der Waals surface area (Å²) in [4.78, 5) is 10.3. The number of rotatable bonds is 3. The molecule has 1 aromatic carbocycles. The molecule has 0 bridgehead atoms. The molecule has 0 saturated heterocycles. The Morgan fingerprint density at radius 3 is 2.89 bits per heavy atom. The van der Waals surface area contributed by atoms with Crippen LogP contribution < -0.4 is 5.73 Å². The number of nitrogens with two attached hydrogens (primary N) is 1. The topological polar surface area (TPSA) is 99.9 Å². The zero-order valence-electron chi connectivity index (χ0n) is 9.48. The second kappa shape index (κ2) is 3.80. The van der Waals surface area contributed by atoms with Gasteiger partial charge in [0.05, 0.1) is 16.3 Å². The number of hydrogen-bond donors (Lipinski definition) is 1. The molecule has 2 N–H and O–H groups in total. The first-order chi connectivity index (χ1) is 8.66. The smallest absolute Gasteiger partial charge is 0.271 e. The first-order valence-corrected chi connectivity index (χ1v) is 5.62. The number of nitro benzene ring substituents is 1. The fraction of sp³-hybridized carbons (Fsp3) is 0.273. The highest BCUT2D eigenvalue weighted by Crippen LogP contribution is 2.42. The summed E-state index contributed by atoms with van der Waals surface area (Å²) in [5.41, 5.74) is 7.30. The summed E-state index contributed by atoms with van der Waals surface area (Å²) < 4.78 is 1.60. The van der Waals surface area contributed by atoms with Crippen molar-refractivity contribution in [1.82, 2.24) is 15.0 Å². The minimum atomic E-state index is -0.430. The summed E-state index contributed by atoms with van der Waals surface area (Å²) in [5, 5.41) is 18.6. The number of nitro groups is 1. The number of nitrogen functional groups attached to an aromatic ring is 1. The van der Waals surface area contributed by atoms with Crippen LogP contribution in [0.1, 0.15) is 24.5 Å². The van der Waals surface area contributed by atoms with Crippen LogP contribution in [0, 0.1) is 10.1 Å². The van der Waals surface area contributed by atoms with E-state index in [1.54, 1.807) is 16.8 Å². The predicted molar refractivity (Wildman–Crippen MR) is 64.4 cm³/mol. The van der Waals surface area contributed by atoms with Gasteiger partial charge in [0.15, 0.2) is 5.82 Å². The summed E-state index contributed by atoms with van der Waals surface area (Å²) in [6, 6.07) is 6.30. The van der Waals surface area contributed by atoms with E-state index in [9.17, 15) is 10.1 Å². The van der Waals surface area contributed by atoms with Crippen LogP contribution in [0.25, 0.3) is 5.69 Å². The van der Waals surface area contributed by atoms with Crippen molar-refractivity contribution in [2.75, 3.05) is 5.73 Å². The van der Waals surface area contributed by atoms with E-state index in [1.807, 2.05) is 0 Å². The second-order valence-electron chi connectivity index (χ2n) is 4.32. The van der Waals surface area contributed by atoms with Gasteiger partial charge in [0, 0.05) is 18.1 Å². The Kier molecular flexibility index (Phi) is 2.26. The highest BCUT2D eigenvalue weighted by molar-refractivity contribution is 5.48. The van der Waals surface area contributed by atoms with Crippen LogP contribution in [0.5, 0.6) is 0 Å². The predicted octanol–water partition coefficient (Wildman–Crippen LogP) is 1.64. The van der Waals surface area contributed by atoms with Crippen LogP contribution in [0.2, 0.25) is 0 Å². The van der Waals surface area contributed by atoms with Gasteiger partial charge in [0.2, 0.25) is 0 Å². The largest absolute Gasteiger partial charge is 0.381 e. The molecule has 92 valence electrons.